The van der Waals surface area contributed by atoms with Crippen LogP contribution in [0, 0.1) is 0 Å². The van der Waals surface area contributed by atoms with Crippen molar-refractivity contribution in [3.63, 3.8) is 0 Å². The molecule has 2 aromatic carbocycles. The summed E-state index contributed by atoms with van der Waals surface area (Å²) in [7, 11) is 0. The van der Waals surface area contributed by atoms with E-state index >= 15 is 0 Å². The van der Waals surface area contributed by atoms with Crippen LogP contribution in [-0.4, -0.2) is 29.1 Å². The van der Waals surface area contributed by atoms with E-state index in [2.05, 4.69) is 5.01 Å². The van der Waals surface area contributed by atoms with E-state index in [1.54, 1.807) is 16.0 Å². The maximum Gasteiger partial charge on any atom is 0.340 e. The summed E-state index contributed by atoms with van der Waals surface area (Å²) < 4.78 is 0. The van der Waals surface area contributed by atoms with E-state index in [1.165, 1.54) is 0 Å². The molecule has 0 spiro atoms. The number of benzene rings is 2. The van der Waals surface area contributed by atoms with E-state index in [-0.39, 0.29) is 12.2 Å². The molecule has 0 N–H and O–H groups in total. The monoisotopic (exact) mass is 347 g/mol. The highest BCUT2D eigenvalue weighted by Gasteiger charge is 2.48. The van der Waals surface area contributed by atoms with Crippen molar-refractivity contribution in [2.24, 2.45) is 0 Å². The zero-order valence-corrected chi connectivity index (χ0v) is 13.8. The number of halogens is 2. The second kappa shape index (κ2) is 5.71. The predicted octanol–water partition coefficient (Wildman–Crippen LogP) is 4.55. The van der Waals surface area contributed by atoms with Crippen LogP contribution in [0.15, 0.2) is 48.5 Å². The van der Waals surface area contributed by atoms with Crippen molar-refractivity contribution in [2.45, 2.75) is 12.6 Å². The maximum absolute atomic E-state index is 12.9. The van der Waals surface area contributed by atoms with Gasteiger partial charge in [-0.1, -0.05) is 47.5 Å². The van der Waals surface area contributed by atoms with E-state index in [9.17, 15) is 4.79 Å². The average molecular weight is 348 g/mol. The first kappa shape index (κ1) is 14.8. The third-order valence-corrected chi connectivity index (χ3v) is 4.87. The number of fused-ring (bicyclic) bond motifs is 1. The van der Waals surface area contributed by atoms with Crippen LogP contribution in [0.4, 0.5) is 10.5 Å². The zero-order chi connectivity index (χ0) is 16.0. The molecule has 0 aliphatic carbocycles. The number of urea groups is 1. The van der Waals surface area contributed by atoms with Crippen molar-refractivity contribution >= 4 is 34.9 Å². The first-order valence-electron chi connectivity index (χ1n) is 7.54. The number of rotatable bonds is 2. The molecule has 4 nitrogen and oxygen atoms in total. The van der Waals surface area contributed by atoms with Gasteiger partial charge in [-0.25, -0.2) is 4.79 Å². The quantitative estimate of drug-likeness (QED) is 0.796. The first-order valence-corrected chi connectivity index (χ1v) is 8.30. The lowest BCUT2D eigenvalue weighted by molar-refractivity contribution is 0.0728. The van der Waals surface area contributed by atoms with E-state index < -0.39 is 0 Å². The number of hydrazine groups is 1. The molecule has 2 saturated heterocycles. The Morgan fingerprint density at radius 1 is 1.00 bits per heavy atom. The smallest absolute Gasteiger partial charge is 0.271 e. The van der Waals surface area contributed by atoms with Crippen LogP contribution >= 0.6 is 23.2 Å². The third-order valence-electron chi connectivity index (χ3n) is 4.29. The van der Waals surface area contributed by atoms with Crippen LogP contribution in [0.2, 0.25) is 10.0 Å². The Kier molecular flexibility index (Phi) is 3.68. The highest BCUT2D eigenvalue weighted by Crippen LogP contribution is 2.42. The Morgan fingerprint density at radius 2 is 1.83 bits per heavy atom. The van der Waals surface area contributed by atoms with Crippen molar-refractivity contribution in [2.75, 3.05) is 18.0 Å². The summed E-state index contributed by atoms with van der Waals surface area (Å²) >= 11 is 12.5. The summed E-state index contributed by atoms with van der Waals surface area (Å²) in [6, 6.07) is 15.0. The SMILES string of the molecule is O=C1N(c2cccc(Cl)c2)[C@@H](c2ccccc2Cl)N2CCCN12. The molecular formula is C17H15Cl2N3O. The topological polar surface area (TPSA) is 26.8 Å². The molecule has 2 aliphatic rings. The van der Waals surface area contributed by atoms with Gasteiger partial charge in [-0.3, -0.25) is 9.91 Å². The van der Waals surface area contributed by atoms with Crippen LogP contribution < -0.4 is 4.90 Å². The standard InChI is InChI=1S/C17H15Cl2N3O/c18-12-5-3-6-13(11-12)22-16(14-7-1-2-8-15(14)19)20-9-4-10-21(20)17(22)23/h1-3,5-8,11,16H,4,9-10H2/t16-/m0/s1. The van der Waals surface area contributed by atoms with Gasteiger partial charge in [0, 0.05) is 34.4 Å². The minimum atomic E-state index is -0.239. The minimum absolute atomic E-state index is 0.0327. The number of hydrogen-bond donors (Lipinski definition) is 0. The minimum Gasteiger partial charge on any atom is -0.271 e. The average Bonchev–Trinajstić information content (AvgIpc) is 3.10. The van der Waals surface area contributed by atoms with Crippen molar-refractivity contribution in [1.82, 2.24) is 10.0 Å². The van der Waals surface area contributed by atoms with Crippen molar-refractivity contribution in [3.05, 3.63) is 64.1 Å². The fourth-order valence-electron chi connectivity index (χ4n) is 3.32. The highest BCUT2D eigenvalue weighted by molar-refractivity contribution is 6.31. The number of amides is 2. The van der Waals surface area contributed by atoms with Gasteiger partial charge in [-0.2, -0.15) is 5.01 Å². The highest BCUT2D eigenvalue weighted by atomic mass is 35.5. The number of carbonyl (C=O) groups excluding carboxylic acids is 1. The van der Waals surface area contributed by atoms with Gasteiger partial charge in [0.25, 0.3) is 0 Å². The molecule has 2 amide bonds. The first-order chi connectivity index (χ1) is 11.2. The fourth-order valence-corrected chi connectivity index (χ4v) is 3.73. The normalized spacial score (nSPS) is 21.1. The molecule has 23 heavy (non-hydrogen) atoms. The van der Waals surface area contributed by atoms with Gasteiger partial charge >= 0.3 is 6.03 Å². The van der Waals surface area contributed by atoms with Gasteiger partial charge in [-0.05, 0) is 30.7 Å². The van der Waals surface area contributed by atoms with Crippen molar-refractivity contribution < 1.29 is 4.79 Å². The molecule has 4 rings (SSSR count). The Morgan fingerprint density at radius 3 is 2.61 bits per heavy atom. The Bertz CT molecular complexity index is 767. The summed E-state index contributed by atoms with van der Waals surface area (Å²) in [6.07, 6.45) is 0.730. The number of nitrogens with zero attached hydrogens (tertiary/aromatic N) is 3. The molecule has 0 bridgehead atoms. The van der Waals surface area contributed by atoms with E-state index in [1.807, 2.05) is 42.5 Å². The summed E-state index contributed by atoms with van der Waals surface area (Å²) in [6.45, 7) is 1.57. The molecule has 0 saturated carbocycles. The fraction of sp³-hybridized carbons (Fsp3) is 0.235. The molecular weight excluding hydrogens is 333 g/mol. The molecule has 2 aromatic rings. The molecule has 1 atom stereocenters. The Hall–Kier alpha value is -1.75. The van der Waals surface area contributed by atoms with Crippen LogP contribution in [0.3, 0.4) is 0 Å². The number of hydrogen-bond acceptors (Lipinski definition) is 2. The van der Waals surface area contributed by atoms with Gasteiger partial charge in [0.05, 0.1) is 0 Å². The summed E-state index contributed by atoms with van der Waals surface area (Å²) in [5.74, 6) is 0. The molecule has 0 unspecified atom stereocenters. The molecule has 0 aromatic heterocycles. The Labute approximate surface area is 144 Å². The molecule has 0 radical (unpaired) electrons. The lowest BCUT2D eigenvalue weighted by Crippen LogP contribution is -2.32. The van der Waals surface area contributed by atoms with Gasteiger partial charge in [-0.15, -0.1) is 0 Å². The van der Waals surface area contributed by atoms with E-state index in [0.717, 1.165) is 30.8 Å². The molecule has 2 heterocycles. The molecule has 2 aliphatic heterocycles. The van der Waals surface area contributed by atoms with Crippen LogP contribution in [0.25, 0.3) is 0 Å². The molecule has 118 valence electrons. The molecule has 2 fully saturated rings. The number of carbonyl (C=O) groups is 1. The van der Waals surface area contributed by atoms with Gasteiger partial charge in [0.1, 0.15) is 6.17 Å². The van der Waals surface area contributed by atoms with Gasteiger partial charge in [0.15, 0.2) is 0 Å². The summed E-state index contributed by atoms with van der Waals surface area (Å²) in [5.41, 5.74) is 1.70. The lowest BCUT2D eigenvalue weighted by Gasteiger charge is -2.28. The summed E-state index contributed by atoms with van der Waals surface area (Å²) in [4.78, 5) is 14.7. The van der Waals surface area contributed by atoms with Gasteiger partial charge < -0.3 is 0 Å². The summed E-state index contributed by atoms with van der Waals surface area (Å²) in [5, 5.41) is 5.15. The second-order valence-corrected chi connectivity index (χ2v) is 6.51. The van der Waals surface area contributed by atoms with Gasteiger partial charge in [0.2, 0.25) is 0 Å². The number of anilines is 1. The van der Waals surface area contributed by atoms with E-state index in [4.69, 9.17) is 23.2 Å². The lowest BCUT2D eigenvalue weighted by atomic mass is 10.1. The van der Waals surface area contributed by atoms with Crippen molar-refractivity contribution in [1.29, 1.82) is 0 Å². The van der Waals surface area contributed by atoms with Crippen LogP contribution in [0.5, 0.6) is 0 Å². The largest absolute Gasteiger partial charge is 0.340 e. The van der Waals surface area contributed by atoms with E-state index in [0.29, 0.717) is 10.0 Å². The van der Waals surface area contributed by atoms with Crippen molar-refractivity contribution in [3.8, 4) is 0 Å². The zero-order valence-electron chi connectivity index (χ0n) is 12.3. The maximum atomic E-state index is 12.9. The van der Waals surface area contributed by atoms with Crippen LogP contribution in [0.1, 0.15) is 18.2 Å². The van der Waals surface area contributed by atoms with Crippen LogP contribution in [-0.2, 0) is 0 Å². The molecule has 6 heteroatoms. The third kappa shape index (κ3) is 2.38. The second-order valence-electron chi connectivity index (χ2n) is 5.67. The Balaban J connectivity index is 1.85. The predicted molar refractivity (Wildman–Crippen MR) is 91.5 cm³/mol.